The van der Waals surface area contributed by atoms with Gasteiger partial charge in [0.1, 0.15) is 4.11 Å². The molecule has 3 nitrogen and oxygen atoms in total. The zero-order valence-corrected chi connectivity index (χ0v) is 12.3. The lowest BCUT2D eigenvalue weighted by atomic mass is 10.1. The van der Waals surface area contributed by atoms with E-state index in [1.54, 1.807) is 0 Å². The van der Waals surface area contributed by atoms with Gasteiger partial charge in [-0.3, -0.25) is 8.74 Å². The standard InChI is InChI=1S/C10H21IO3S/c1-2-3-4-5-6-7-8-9-10(11)14-15(12)13/h10H,2-9H2,1H3,(H,12,13). The van der Waals surface area contributed by atoms with E-state index in [2.05, 4.69) is 29.5 Å². The van der Waals surface area contributed by atoms with Gasteiger partial charge in [-0.05, 0) is 29.0 Å². The lowest BCUT2D eigenvalue weighted by Gasteiger charge is -2.06. The summed E-state index contributed by atoms with van der Waals surface area (Å²) < 4.78 is 23.3. The van der Waals surface area contributed by atoms with E-state index in [0.29, 0.717) is 0 Å². The minimum Gasteiger partial charge on any atom is -0.284 e. The summed E-state index contributed by atoms with van der Waals surface area (Å²) in [5.74, 6) is 0. The van der Waals surface area contributed by atoms with E-state index in [-0.39, 0.29) is 4.11 Å². The summed E-state index contributed by atoms with van der Waals surface area (Å²) in [4.78, 5) is 0. The van der Waals surface area contributed by atoms with Crippen molar-refractivity contribution in [1.29, 1.82) is 0 Å². The SMILES string of the molecule is CCCCCCCCCC(I)OS(=O)O. The lowest BCUT2D eigenvalue weighted by Crippen LogP contribution is -2.05. The van der Waals surface area contributed by atoms with Gasteiger partial charge in [-0.2, -0.15) is 4.21 Å². The Balaban J connectivity index is 3.13. The molecule has 0 aromatic rings. The van der Waals surface area contributed by atoms with Gasteiger partial charge in [0, 0.05) is 0 Å². The Morgan fingerprint density at radius 2 is 1.73 bits per heavy atom. The van der Waals surface area contributed by atoms with Crippen molar-refractivity contribution in [3.63, 3.8) is 0 Å². The summed E-state index contributed by atoms with van der Waals surface area (Å²) in [7, 11) is 0. The maximum atomic E-state index is 10.3. The third-order valence-corrected chi connectivity index (χ3v) is 3.84. The van der Waals surface area contributed by atoms with Crippen LogP contribution < -0.4 is 0 Å². The molecular formula is C10H21IO3S. The van der Waals surface area contributed by atoms with Crippen LogP contribution in [0.4, 0.5) is 0 Å². The molecule has 0 amide bonds. The Kier molecular flexibility index (Phi) is 11.9. The molecule has 0 fully saturated rings. The van der Waals surface area contributed by atoms with E-state index in [0.717, 1.165) is 12.8 Å². The monoisotopic (exact) mass is 348 g/mol. The second kappa shape index (κ2) is 11.3. The van der Waals surface area contributed by atoms with Crippen molar-refractivity contribution >= 4 is 34.0 Å². The van der Waals surface area contributed by atoms with Crippen molar-refractivity contribution in [3.8, 4) is 0 Å². The molecule has 0 rings (SSSR count). The van der Waals surface area contributed by atoms with Gasteiger partial charge in [0.2, 0.25) is 0 Å². The zero-order valence-electron chi connectivity index (χ0n) is 9.28. The average Bonchev–Trinajstić information content (AvgIpc) is 2.15. The topological polar surface area (TPSA) is 46.5 Å². The van der Waals surface area contributed by atoms with Crippen molar-refractivity contribution in [2.45, 2.75) is 62.4 Å². The van der Waals surface area contributed by atoms with Crippen molar-refractivity contribution in [1.82, 2.24) is 0 Å². The van der Waals surface area contributed by atoms with Gasteiger partial charge in [-0.25, -0.2) is 0 Å². The predicted molar refractivity (Wildman–Crippen MR) is 72.3 cm³/mol. The molecule has 0 heterocycles. The fraction of sp³-hybridized carbons (Fsp3) is 1.00. The Morgan fingerprint density at radius 3 is 2.27 bits per heavy atom. The molecule has 0 bridgehead atoms. The molecule has 1 N–H and O–H groups in total. The number of hydrogen-bond acceptors (Lipinski definition) is 2. The number of hydrogen-bond donors (Lipinski definition) is 1. The van der Waals surface area contributed by atoms with Gasteiger partial charge < -0.3 is 0 Å². The van der Waals surface area contributed by atoms with Crippen molar-refractivity contribution in [2.24, 2.45) is 0 Å². The summed E-state index contributed by atoms with van der Waals surface area (Å²) in [6.07, 6.45) is 9.68. The van der Waals surface area contributed by atoms with E-state index >= 15 is 0 Å². The van der Waals surface area contributed by atoms with Gasteiger partial charge in [0.05, 0.1) is 0 Å². The van der Waals surface area contributed by atoms with Crippen LogP contribution in [0, 0.1) is 0 Å². The van der Waals surface area contributed by atoms with E-state index in [1.165, 1.54) is 38.5 Å². The van der Waals surface area contributed by atoms with Crippen LogP contribution in [-0.2, 0) is 15.5 Å². The van der Waals surface area contributed by atoms with Crippen LogP contribution in [0.3, 0.4) is 0 Å². The molecule has 5 heteroatoms. The second-order valence-electron chi connectivity index (χ2n) is 3.63. The molecule has 0 aromatic heterocycles. The molecule has 0 aromatic carbocycles. The van der Waals surface area contributed by atoms with Crippen LogP contribution in [0.15, 0.2) is 0 Å². The Labute approximate surface area is 109 Å². The van der Waals surface area contributed by atoms with E-state index < -0.39 is 11.4 Å². The largest absolute Gasteiger partial charge is 0.302 e. The summed E-state index contributed by atoms with van der Waals surface area (Å²) in [6.45, 7) is 2.22. The van der Waals surface area contributed by atoms with Gasteiger partial charge in [0.25, 0.3) is 0 Å². The van der Waals surface area contributed by atoms with Crippen molar-refractivity contribution in [3.05, 3.63) is 0 Å². The molecule has 0 saturated heterocycles. The number of unbranched alkanes of at least 4 members (excludes halogenated alkanes) is 6. The highest BCUT2D eigenvalue weighted by Gasteiger charge is 2.06. The highest BCUT2D eigenvalue weighted by Crippen LogP contribution is 2.15. The average molecular weight is 348 g/mol. The number of rotatable bonds is 10. The Hall–Kier alpha value is 0.800. The highest BCUT2D eigenvalue weighted by atomic mass is 127. The van der Waals surface area contributed by atoms with Gasteiger partial charge >= 0.3 is 11.4 Å². The molecule has 0 aliphatic carbocycles. The maximum Gasteiger partial charge on any atom is 0.302 e. The first-order valence-electron chi connectivity index (χ1n) is 5.59. The van der Waals surface area contributed by atoms with Crippen LogP contribution in [0.25, 0.3) is 0 Å². The molecule has 0 radical (unpaired) electrons. The van der Waals surface area contributed by atoms with Crippen LogP contribution >= 0.6 is 22.6 Å². The molecule has 92 valence electrons. The van der Waals surface area contributed by atoms with Crippen molar-refractivity contribution in [2.75, 3.05) is 0 Å². The van der Waals surface area contributed by atoms with E-state index in [4.69, 9.17) is 8.74 Å². The molecular weight excluding hydrogens is 327 g/mol. The maximum absolute atomic E-state index is 10.3. The summed E-state index contributed by atoms with van der Waals surface area (Å²) in [5.41, 5.74) is 0. The Morgan fingerprint density at radius 1 is 1.20 bits per heavy atom. The first-order valence-corrected chi connectivity index (χ1v) is 7.86. The normalized spacial score (nSPS) is 15.1. The number of alkyl halides is 1. The minimum atomic E-state index is -2.11. The Bertz CT molecular complexity index is 167. The first-order chi connectivity index (χ1) is 7.16. The van der Waals surface area contributed by atoms with Gasteiger partial charge in [0.15, 0.2) is 0 Å². The van der Waals surface area contributed by atoms with Gasteiger partial charge in [-0.15, -0.1) is 0 Å². The molecule has 2 atom stereocenters. The first kappa shape index (κ1) is 15.8. The molecule has 0 saturated carbocycles. The summed E-state index contributed by atoms with van der Waals surface area (Å²) in [5, 5.41) is 0. The quantitative estimate of drug-likeness (QED) is 0.280. The fourth-order valence-corrected chi connectivity index (χ4v) is 2.65. The second-order valence-corrected chi connectivity index (χ2v) is 5.65. The molecule has 2 unspecified atom stereocenters. The van der Waals surface area contributed by atoms with Crippen LogP contribution in [0.1, 0.15) is 58.3 Å². The lowest BCUT2D eigenvalue weighted by molar-refractivity contribution is 0.280. The minimum absolute atomic E-state index is 0.135. The van der Waals surface area contributed by atoms with Crippen LogP contribution in [-0.4, -0.2) is 12.9 Å². The summed E-state index contributed by atoms with van der Waals surface area (Å²) in [6, 6.07) is 0. The van der Waals surface area contributed by atoms with Gasteiger partial charge in [-0.1, -0.05) is 51.9 Å². The molecule has 0 aliphatic heterocycles. The van der Waals surface area contributed by atoms with Crippen molar-refractivity contribution < 1.29 is 12.9 Å². The van der Waals surface area contributed by atoms with Crippen LogP contribution in [0.5, 0.6) is 0 Å². The molecule has 0 spiro atoms. The van der Waals surface area contributed by atoms with Crippen LogP contribution in [0.2, 0.25) is 0 Å². The van der Waals surface area contributed by atoms with E-state index in [1.807, 2.05) is 0 Å². The molecule has 0 aliphatic rings. The summed E-state index contributed by atoms with van der Waals surface area (Å²) >= 11 is -0.0588. The fourth-order valence-electron chi connectivity index (χ4n) is 1.40. The third-order valence-electron chi connectivity index (χ3n) is 2.22. The zero-order chi connectivity index (χ0) is 11.5. The van der Waals surface area contributed by atoms with E-state index in [9.17, 15) is 4.21 Å². The highest BCUT2D eigenvalue weighted by molar-refractivity contribution is 14.1. The number of halogens is 1. The predicted octanol–water partition coefficient (Wildman–Crippen LogP) is 4.04. The smallest absolute Gasteiger partial charge is 0.284 e. The molecule has 15 heavy (non-hydrogen) atoms. The third kappa shape index (κ3) is 12.7.